The van der Waals surface area contributed by atoms with Gasteiger partial charge in [0, 0.05) is 0 Å². The molecule has 0 aliphatic carbocycles. The molecule has 0 radical (unpaired) electrons. The summed E-state index contributed by atoms with van der Waals surface area (Å²) in [5.41, 5.74) is -0.303. The Labute approximate surface area is 91.1 Å². The third-order valence-corrected chi connectivity index (χ3v) is 2.67. The van der Waals surface area contributed by atoms with Gasteiger partial charge in [-0.1, -0.05) is 0 Å². The van der Waals surface area contributed by atoms with Gasteiger partial charge in [0.25, 0.3) is 0 Å². The SMILES string of the molecule is FC(F)(F)c1ccc(CC2CCNC2)nn1. The van der Waals surface area contributed by atoms with Crippen molar-refractivity contribution in [2.45, 2.75) is 19.0 Å². The molecule has 1 aliphatic rings. The number of nitrogens with one attached hydrogen (secondary N) is 1. The van der Waals surface area contributed by atoms with Crippen LogP contribution >= 0.6 is 0 Å². The lowest BCUT2D eigenvalue weighted by Gasteiger charge is -2.08. The second kappa shape index (κ2) is 4.37. The Balaban J connectivity index is 2.01. The van der Waals surface area contributed by atoms with Gasteiger partial charge in [-0.15, -0.1) is 5.10 Å². The second-order valence-corrected chi connectivity index (χ2v) is 3.97. The maximum absolute atomic E-state index is 12.2. The Morgan fingerprint density at radius 3 is 2.62 bits per heavy atom. The molecule has 88 valence electrons. The summed E-state index contributed by atoms with van der Waals surface area (Å²) >= 11 is 0. The van der Waals surface area contributed by atoms with Crippen LogP contribution in [0.4, 0.5) is 13.2 Å². The predicted molar refractivity (Wildman–Crippen MR) is 51.7 cm³/mol. The minimum Gasteiger partial charge on any atom is -0.316 e. The molecule has 2 rings (SSSR count). The molecule has 3 nitrogen and oxygen atoms in total. The number of aromatic nitrogens is 2. The van der Waals surface area contributed by atoms with Gasteiger partial charge in [-0.25, -0.2) is 0 Å². The molecule has 0 spiro atoms. The number of hydrogen-bond donors (Lipinski definition) is 1. The van der Waals surface area contributed by atoms with Gasteiger partial charge < -0.3 is 5.32 Å². The Morgan fingerprint density at radius 1 is 1.31 bits per heavy atom. The molecule has 6 heteroatoms. The molecule has 0 amide bonds. The third kappa shape index (κ3) is 2.69. The normalized spacial score (nSPS) is 21.3. The highest BCUT2D eigenvalue weighted by atomic mass is 19.4. The highest BCUT2D eigenvalue weighted by Gasteiger charge is 2.32. The van der Waals surface area contributed by atoms with E-state index < -0.39 is 11.9 Å². The Hall–Kier alpha value is -1.17. The van der Waals surface area contributed by atoms with Crippen molar-refractivity contribution in [1.82, 2.24) is 15.5 Å². The molecule has 1 N–H and O–H groups in total. The molecule has 2 heterocycles. The molecule has 1 aromatic rings. The van der Waals surface area contributed by atoms with Crippen molar-refractivity contribution >= 4 is 0 Å². The topological polar surface area (TPSA) is 37.8 Å². The highest BCUT2D eigenvalue weighted by Crippen LogP contribution is 2.26. The van der Waals surface area contributed by atoms with Gasteiger partial charge in [0.15, 0.2) is 5.69 Å². The summed E-state index contributed by atoms with van der Waals surface area (Å²) in [7, 11) is 0. The van der Waals surface area contributed by atoms with Crippen molar-refractivity contribution in [2.24, 2.45) is 5.92 Å². The van der Waals surface area contributed by atoms with Crippen LogP contribution in [0.3, 0.4) is 0 Å². The second-order valence-electron chi connectivity index (χ2n) is 3.97. The zero-order valence-electron chi connectivity index (χ0n) is 8.59. The molecule has 1 unspecified atom stereocenters. The molecular formula is C10H12F3N3. The smallest absolute Gasteiger partial charge is 0.316 e. The summed E-state index contributed by atoms with van der Waals surface area (Å²) in [6, 6.07) is 2.40. The molecule has 1 fully saturated rings. The summed E-state index contributed by atoms with van der Waals surface area (Å²) < 4.78 is 36.6. The van der Waals surface area contributed by atoms with Gasteiger partial charge in [-0.2, -0.15) is 18.3 Å². The van der Waals surface area contributed by atoms with Gasteiger partial charge in [-0.05, 0) is 44.0 Å². The average Bonchev–Trinajstić information content (AvgIpc) is 2.70. The molecule has 1 aromatic heterocycles. The fourth-order valence-corrected chi connectivity index (χ4v) is 1.80. The number of rotatable bonds is 2. The number of alkyl halides is 3. The van der Waals surface area contributed by atoms with E-state index in [2.05, 4.69) is 15.5 Å². The Kier molecular flexibility index (Phi) is 3.09. The lowest BCUT2D eigenvalue weighted by atomic mass is 10.0. The molecule has 0 bridgehead atoms. The van der Waals surface area contributed by atoms with Crippen molar-refractivity contribution in [3.63, 3.8) is 0 Å². The zero-order chi connectivity index (χ0) is 11.6. The lowest BCUT2D eigenvalue weighted by molar-refractivity contribution is -0.141. The van der Waals surface area contributed by atoms with Crippen LogP contribution in [0.1, 0.15) is 17.8 Å². The number of halogens is 3. The van der Waals surface area contributed by atoms with E-state index in [1.54, 1.807) is 0 Å². The standard InChI is InChI=1S/C10H12F3N3/c11-10(12,13)9-2-1-8(15-16-9)5-7-3-4-14-6-7/h1-2,7,14H,3-6H2. The summed E-state index contributed by atoms with van der Waals surface area (Å²) in [5, 5.41) is 10.0. The fourth-order valence-electron chi connectivity index (χ4n) is 1.80. The van der Waals surface area contributed by atoms with Crippen molar-refractivity contribution in [1.29, 1.82) is 0 Å². The van der Waals surface area contributed by atoms with Gasteiger partial charge >= 0.3 is 6.18 Å². The van der Waals surface area contributed by atoms with E-state index in [1.165, 1.54) is 6.07 Å². The first-order valence-corrected chi connectivity index (χ1v) is 5.16. The van der Waals surface area contributed by atoms with Crippen molar-refractivity contribution in [3.05, 3.63) is 23.5 Å². The Bertz CT molecular complexity index is 341. The largest absolute Gasteiger partial charge is 0.435 e. The van der Waals surface area contributed by atoms with Crippen LogP contribution in [0.25, 0.3) is 0 Å². The molecule has 1 saturated heterocycles. The molecule has 16 heavy (non-hydrogen) atoms. The maximum Gasteiger partial charge on any atom is 0.435 e. The average molecular weight is 231 g/mol. The van der Waals surface area contributed by atoms with E-state index in [1.807, 2.05) is 0 Å². The van der Waals surface area contributed by atoms with Gasteiger partial charge in [0.1, 0.15) is 0 Å². The van der Waals surface area contributed by atoms with Crippen molar-refractivity contribution in [3.8, 4) is 0 Å². The fraction of sp³-hybridized carbons (Fsp3) is 0.600. The number of nitrogens with zero attached hydrogens (tertiary/aromatic N) is 2. The highest BCUT2D eigenvalue weighted by molar-refractivity contribution is 5.10. The molecule has 1 aliphatic heterocycles. The molecule has 1 atom stereocenters. The molecular weight excluding hydrogens is 219 g/mol. The van der Waals surface area contributed by atoms with E-state index in [-0.39, 0.29) is 0 Å². The summed E-state index contributed by atoms with van der Waals surface area (Å²) in [4.78, 5) is 0. The van der Waals surface area contributed by atoms with Crippen LogP contribution in [0.2, 0.25) is 0 Å². The monoisotopic (exact) mass is 231 g/mol. The van der Waals surface area contributed by atoms with Crippen molar-refractivity contribution < 1.29 is 13.2 Å². The summed E-state index contributed by atoms with van der Waals surface area (Å²) in [5.74, 6) is 0.464. The lowest BCUT2D eigenvalue weighted by Crippen LogP contribution is -2.13. The third-order valence-electron chi connectivity index (χ3n) is 2.67. The summed E-state index contributed by atoms with van der Waals surface area (Å²) in [6.45, 7) is 1.88. The summed E-state index contributed by atoms with van der Waals surface area (Å²) in [6.07, 6.45) is -2.67. The van der Waals surface area contributed by atoms with Crippen LogP contribution in [-0.2, 0) is 12.6 Å². The first-order chi connectivity index (χ1) is 7.55. The molecule has 0 aromatic carbocycles. The van der Waals surface area contributed by atoms with Crippen molar-refractivity contribution in [2.75, 3.05) is 13.1 Å². The van der Waals surface area contributed by atoms with Crippen LogP contribution in [-0.4, -0.2) is 23.3 Å². The first kappa shape index (κ1) is 11.3. The van der Waals surface area contributed by atoms with Crippen LogP contribution in [0, 0.1) is 5.92 Å². The van der Waals surface area contributed by atoms with E-state index in [0.29, 0.717) is 18.0 Å². The zero-order valence-corrected chi connectivity index (χ0v) is 8.59. The minimum absolute atomic E-state index is 0.464. The van der Waals surface area contributed by atoms with E-state index >= 15 is 0 Å². The first-order valence-electron chi connectivity index (χ1n) is 5.16. The predicted octanol–water partition coefficient (Wildman–Crippen LogP) is 1.65. The van der Waals surface area contributed by atoms with Gasteiger partial charge in [-0.3, -0.25) is 0 Å². The maximum atomic E-state index is 12.2. The minimum atomic E-state index is -4.40. The van der Waals surface area contributed by atoms with Crippen LogP contribution < -0.4 is 5.32 Å². The van der Waals surface area contributed by atoms with E-state index in [4.69, 9.17) is 0 Å². The number of hydrogen-bond acceptors (Lipinski definition) is 3. The van der Waals surface area contributed by atoms with E-state index in [9.17, 15) is 13.2 Å². The van der Waals surface area contributed by atoms with E-state index in [0.717, 1.165) is 25.6 Å². The Morgan fingerprint density at radius 2 is 2.12 bits per heavy atom. The van der Waals surface area contributed by atoms with Gasteiger partial charge in [0.2, 0.25) is 0 Å². The van der Waals surface area contributed by atoms with Gasteiger partial charge in [0.05, 0.1) is 5.69 Å². The molecule has 0 saturated carbocycles. The van der Waals surface area contributed by atoms with Crippen LogP contribution in [0.5, 0.6) is 0 Å². The quantitative estimate of drug-likeness (QED) is 0.841. The van der Waals surface area contributed by atoms with Crippen LogP contribution in [0.15, 0.2) is 12.1 Å².